The van der Waals surface area contributed by atoms with Crippen molar-refractivity contribution < 1.29 is 27.6 Å². The molecule has 0 radical (unpaired) electrons. The zero-order chi connectivity index (χ0) is 54.8. The van der Waals surface area contributed by atoms with E-state index in [1.165, 1.54) is 0 Å². The van der Waals surface area contributed by atoms with Gasteiger partial charge in [-0.15, -0.1) is 0 Å². The van der Waals surface area contributed by atoms with E-state index in [1.807, 2.05) is 77.7 Å². The van der Waals surface area contributed by atoms with Crippen molar-refractivity contribution in [2.75, 3.05) is 37.7 Å². The molecule has 4 heterocycles. The number of hydrogen-bond donors (Lipinski definition) is 1. The monoisotopic (exact) mass is 1150 g/mol. The van der Waals surface area contributed by atoms with Gasteiger partial charge in [0.2, 0.25) is 11.8 Å². The summed E-state index contributed by atoms with van der Waals surface area (Å²) in [6.07, 6.45) is 5.67. The van der Waals surface area contributed by atoms with Crippen molar-refractivity contribution in [1.82, 2.24) is 19.6 Å². The van der Waals surface area contributed by atoms with E-state index in [2.05, 4.69) is 44.4 Å². The van der Waals surface area contributed by atoms with E-state index in [4.69, 9.17) is 52.1 Å². The molecule has 4 aliphatic heterocycles. The molecule has 0 saturated carbocycles. The molecule has 11 nitrogen and oxygen atoms in total. The molecule has 8 rings (SSSR count). The Morgan fingerprint density at radius 3 is 1.41 bits per heavy atom. The summed E-state index contributed by atoms with van der Waals surface area (Å²) >= 11 is 24.4. The predicted octanol–water partition coefficient (Wildman–Crippen LogP) is 10.7. The van der Waals surface area contributed by atoms with E-state index in [9.17, 15) is 27.6 Å². The van der Waals surface area contributed by atoms with E-state index < -0.39 is 33.7 Å². The van der Waals surface area contributed by atoms with Crippen LogP contribution < -0.4 is 5.73 Å². The van der Waals surface area contributed by atoms with Crippen molar-refractivity contribution in [3.63, 3.8) is 0 Å². The molecule has 2 amide bonds. The molecule has 4 fully saturated rings. The van der Waals surface area contributed by atoms with Gasteiger partial charge in [-0.3, -0.25) is 37.4 Å². The molecule has 0 spiro atoms. The first-order chi connectivity index (χ1) is 36.3. The third-order valence-electron chi connectivity index (χ3n) is 15.3. The number of benzene rings is 4. The molecule has 4 aromatic carbocycles. The minimum atomic E-state index is -1.19. The second-order valence-electron chi connectivity index (χ2n) is 22.1. The standard InChI is InChI=1S/C30H38Cl2N2O3S.C29H37Cl2N3O3S/c1-20(2)15-27(29(35)12-10-22-9-11-25(31)26(32)17-22)33-14-13-23(19-38(37)24-7-5-4-6-8-24)34-18-21(3)16-28(34)30(33)36;1-19(2)14-26(28(35)11-9-20-8-10-24(30)25(31)15-20)33-13-12-22(18-38(37)23-6-4-3-5-7-23)34-17-21(32)16-27(34)29(33)36/h4-9,11,17,20-21,23,27-28H,10,12-16,18-19H2,1-3H3;3-8,10,15,19,21-22,26-27H,9,11-14,16-18,32H2,1-2H3/t21-,23?,27-,28+,38?;21-,22?,26-,27+,38?/m11/s1. The fraction of sp³-hybridized carbons (Fsp3) is 0.525. The van der Waals surface area contributed by atoms with Gasteiger partial charge in [-0.25, -0.2) is 0 Å². The zero-order valence-corrected chi connectivity index (χ0v) is 49.1. The number of fused-ring (bicyclic) bond motifs is 2. The van der Waals surface area contributed by atoms with E-state index in [1.54, 1.807) is 29.2 Å². The number of carbonyl (C=O) groups is 4. The third-order valence-corrected chi connectivity index (χ3v) is 19.7. The average Bonchev–Trinajstić information content (AvgIpc) is 3.93. The normalized spacial score (nSPS) is 23.8. The molecular weight excluding hydrogens is 1080 g/mol. The highest BCUT2D eigenvalue weighted by Crippen LogP contribution is 2.35. The van der Waals surface area contributed by atoms with E-state index in [0.29, 0.717) is 115 Å². The number of amides is 2. The molecule has 4 aliphatic rings. The van der Waals surface area contributed by atoms with Gasteiger partial charge in [-0.05, 0) is 129 Å². The highest BCUT2D eigenvalue weighted by atomic mass is 35.5. The third kappa shape index (κ3) is 15.9. The Balaban J connectivity index is 0.000000221. The summed E-state index contributed by atoms with van der Waals surface area (Å²) in [6.45, 7) is 12.9. The summed E-state index contributed by atoms with van der Waals surface area (Å²) in [5.41, 5.74) is 8.23. The van der Waals surface area contributed by atoms with Crippen LogP contribution in [0.2, 0.25) is 20.1 Å². The van der Waals surface area contributed by atoms with Crippen molar-refractivity contribution in [3.05, 3.63) is 128 Å². The zero-order valence-electron chi connectivity index (χ0n) is 44.5. The summed E-state index contributed by atoms with van der Waals surface area (Å²) in [5.74, 6) is 1.99. The van der Waals surface area contributed by atoms with Gasteiger partial charge in [0.15, 0.2) is 11.6 Å². The number of Topliss-reactive ketones (excluding diaryl/α,β-unsaturated/α-hetero) is 2. The molecule has 0 aliphatic carbocycles. The van der Waals surface area contributed by atoms with Gasteiger partial charge < -0.3 is 15.5 Å². The summed E-state index contributed by atoms with van der Waals surface area (Å²) in [4.78, 5) is 64.9. The molecule has 0 aromatic heterocycles. The summed E-state index contributed by atoms with van der Waals surface area (Å²) in [7, 11) is -2.33. The van der Waals surface area contributed by atoms with Crippen LogP contribution >= 0.6 is 46.4 Å². The van der Waals surface area contributed by atoms with Crippen molar-refractivity contribution in [3.8, 4) is 0 Å². The molecule has 412 valence electrons. The van der Waals surface area contributed by atoms with Gasteiger partial charge in [0.05, 0.1) is 65.9 Å². The second-order valence-corrected chi connectivity index (χ2v) is 26.7. The number of rotatable bonds is 20. The smallest absolute Gasteiger partial charge is 0.240 e. The molecule has 10 atom stereocenters. The Kier molecular flexibility index (Phi) is 22.2. The average molecular weight is 1160 g/mol. The van der Waals surface area contributed by atoms with E-state index in [-0.39, 0.29) is 65.4 Å². The second kappa shape index (κ2) is 28.1. The Bertz CT molecular complexity index is 2500. The lowest BCUT2D eigenvalue weighted by molar-refractivity contribution is -0.142. The summed E-state index contributed by atoms with van der Waals surface area (Å²) in [5, 5.41) is 1.92. The fourth-order valence-electron chi connectivity index (χ4n) is 11.5. The number of halogens is 4. The lowest BCUT2D eigenvalue weighted by Crippen LogP contribution is -2.51. The molecule has 17 heteroatoms. The SMILES string of the molecule is CC(C)C[C@H](C(=O)CCc1ccc(Cl)c(Cl)c1)N1CCC(CS(=O)c2ccccc2)N2C[C@H](C)C[C@H]2C1=O.CC(C)C[C@H](C(=O)CCc1ccc(Cl)c(Cl)c1)N1CCC(CS(=O)c2ccccc2)N2C[C@H](N)C[C@H]2C1=O. The van der Waals surface area contributed by atoms with Gasteiger partial charge in [0.1, 0.15) is 0 Å². The van der Waals surface area contributed by atoms with Gasteiger partial charge in [-0.1, -0.05) is 130 Å². The maximum atomic E-state index is 14.0. The van der Waals surface area contributed by atoms with Crippen LogP contribution in [-0.4, -0.2) is 131 Å². The largest absolute Gasteiger partial charge is 0.331 e. The highest BCUT2D eigenvalue weighted by molar-refractivity contribution is 7.85. The quantitative estimate of drug-likeness (QED) is 0.0915. The molecule has 76 heavy (non-hydrogen) atoms. The van der Waals surface area contributed by atoms with Crippen molar-refractivity contribution in [2.45, 2.75) is 151 Å². The predicted molar refractivity (Wildman–Crippen MR) is 309 cm³/mol. The van der Waals surface area contributed by atoms with Crippen LogP contribution in [0.1, 0.15) is 97.1 Å². The van der Waals surface area contributed by atoms with Crippen molar-refractivity contribution >= 4 is 91.4 Å². The topological polar surface area (TPSA) is 141 Å². The molecule has 4 saturated heterocycles. The molecule has 0 bridgehead atoms. The Labute approximate surface area is 475 Å². The number of nitrogens with two attached hydrogens (primary N) is 1. The van der Waals surface area contributed by atoms with Crippen molar-refractivity contribution in [1.29, 1.82) is 0 Å². The van der Waals surface area contributed by atoms with Gasteiger partial charge >= 0.3 is 0 Å². The van der Waals surface area contributed by atoms with Crippen LogP contribution in [0.5, 0.6) is 0 Å². The first-order valence-electron chi connectivity index (χ1n) is 27.0. The fourth-order valence-corrected chi connectivity index (χ4v) is 14.8. The Morgan fingerprint density at radius 2 is 1.00 bits per heavy atom. The lowest BCUT2D eigenvalue weighted by atomic mass is 9.94. The first-order valence-corrected chi connectivity index (χ1v) is 31.1. The maximum Gasteiger partial charge on any atom is 0.240 e. The minimum Gasteiger partial charge on any atom is -0.331 e. The summed E-state index contributed by atoms with van der Waals surface area (Å²) < 4.78 is 26.4. The van der Waals surface area contributed by atoms with E-state index in [0.717, 1.165) is 33.9 Å². The maximum absolute atomic E-state index is 14.0. The molecule has 4 aromatic rings. The number of hydrogen-bond acceptors (Lipinski definition) is 9. The molecule has 2 N–H and O–H groups in total. The number of ketones is 2. The van der Waals surface area contributed by atoms with Crippen LogP contribution in [-0.2, 0) is 53.6 Å². The van der Waals surface area contributed by atoms with Gasteiger partial charge in [0.25, 0.3) is 0 Å². The van der Waals surface area contributed by atoms with Crippen LogP contribution in [0.15, 0.2) is 107 Å². The number of aryl methyl sites for hydroxylation is 2. The van der Waals surface area contributed by atoms with Gasteiger partial charge in [-0.2, -0.15) is 0 Å². The van der Waals surface area contributed by atoms with Crippen LogP contribution in [0.4, 0.5) is 0 Å². The number of nitrogens with zero attached hydrogens (tertiary/aromatic N) is 4. The number of carbonyl (C=O) groups excluding carboxylic acids is 4. The Morgan fingerprint density at radius 1 is 0.592 bits per heavy atom. The van der Waals surface area contributed by atoms with Gasteiger partial charge in [0, 0.05) is 78.4 Å². The first kappa shape index (κ1) is 60.1. The van der Waals surface area contributed by atoms with Crippen LogP contribution in [0.25, 0.3) is 0 Å². The molecule has 4 unspecified atom stereocenters. The van der Waals surface area contributed by atoms with Crippen LogP contribution in [0.3, 0.4) is 0 Å². The lowest BCUT2D eigenvalue weighted by Gasteiger charge is -2.33. The minimum absolute atomic E-state index is 0.0283. The van der Waals surface area contributed by atoms with Crippen molar-refractivity contribution in [2.24, 2.45) is 23.5 Å². The molecular formula is C59H75Cl4N5O6S2. The Hall–Kier alpha value is -3.50. The van der Waals surface area contributed by atoms with Crippen LogP contribution in [0, 0.1) is 17.8 Å². The highest BCUT2D eigenvalue weighted by Gasteiger charge is 2.48. The summed E-state index contributed by atoms with van der Waals surface area (Å²) in [6, 6.07) is 28.1. The van der Waals surface area contributed by atoms with E-state index >= 15 is 0 Å².